The van der Waals surface area contributed by atoms with E-state index in [9.17, 15) is 4.79 Å². The average Bonchev–Trinajstić information content (AvgIpc) is 3.21. The molecule has 0 amide bonds. The lowest BCUT2D eigenvalue weighted by Gasteiger charge is -2.19. The molecule has 2 N–H and O–H groups in total. The Morgan fingerprint density at radius 1 is 1.45 bits per heavy atom. The zero-order valence-corrected chi connectivity index (χ0v) is 13.2. The summed E-state index contributed by atoms with van der Waals surface area (Å²) in [6, 6.07) is 7.82. The van der Waals surface area contributed by atoms with Crippen LogP contribution in [-0.4, -0.2) is 25.4 Å². The highest BCUT2D eigenvalue weighted by atomic mass is 35.5. The molecule has 0 radical (unpaired) electrons. The molecule has 1 unspecified atom stereocenters. The van der Waals surface area contributed by atoms with Gasteiger partial charge >= 0.3 is 5.97 Å². The van der Waals surface area contributed by atoms with Gasteiger partial charge in [0.25, 0.3) is 0 Å². The van der Waals surface area contributed by atoms with Crippen LogP contribution in [-0.2, 0) is 9.53 Å². The highest BCUT2D eigenvalue weighted by Crippen LogP contribution is 2.52. The molecule has 1 atom stereocenters. The first-order valence-electron chi connectivity index (χ1n) is 6.72. The summed E-state index contributed by atoms with van der Waals surface area (Å²) in [6.07, 6.45) is 2.73. The third kappa shape index (κ3) is 4.14. The number of nitrogens with two attached hydrogens (primary N) is 1. The Morgan fingerprint density at radius 3 is 2.60 bits per heavy atom. The summed E-state index contributed by atoms with van der Waals surface area (Å²) in [6.45, 7) is 0.584. The van der Waals surface area contributed by atoms with Crippen molar-refractivity contribution in [2.24, 2.45) is 11.1 Å². The average molecular weight is 314 g/mol. The number of esters is 1. The van der Waals surface area contributed by atoms with Crippen molar-refractivity contribution in [2.45, 2.75) is 24.5 Å². The lowest BCUT2D eigenvalue weighted by molar-refractivity contribution is -0.141. The minimum absolute atomic E-state index is 0.112. The van der Waals surface area contributed by atoms with Crippen LogP contribution < -0.4 is 5.73 Å². The molecule has 0 bridgehead atoms. The van der Waals surface area contributed by atoms with Crippen LogP contribution in [0.2, 0.25) is 5.02 Å². The molecular weight excluding hydrogens is 294 g/mol. The van der Waals surface area contributed by atoms with Crippen molar-refractivity contribution >= 4 is 29.3 Å². The van der Waals surface area contributed by atoms with E-state index in [1.807, 2.05) is 36.0 Å². The first-order chi connectivity index (χ1) is 9.58. The van der Waals surface area contributed by atoms with Gasteiger partial charge in [-0.05, 0) is 36.0 Å². The Labute approximate surface area is 129 Å². The second-order valence-corrected chi connectivity index (χ2v) is 6.97. The van der Waals surface area contributed by atoms with E-state index in [0.29, 0.717) is 13.0 Å². The third-order valence-corrected chi connectivity index (χ3v) is 5.65. The quantitative estimate of drug-likeness (QED) is 0.784. The smallest absolute Gasteiger partial charge is 0.306 e. The highest BCUT2D eigenvalue weighted by molar-refractivity contribution is 7.99. The Bertz CT molecular complexity index is 459. The fourth-order valence-corrected chi connectivity index (χ4v) is 3.74. The number of carbonyl (C=O) groups excluding carboxylic acids is 1. The normalized spacial score (nSPS) is 17.6. The topological polar surface area (TPSA) is 52.3 Å². The molecule has 1 saturated carbocycles. The van der Waals surface area contributed by atoms with E-state index in [1.165, 1.54) is 12.7 Å². The Morgan fingerprint density at radius 2 is 2.10 bits per heavy atom. The van der Waals surface area contributed by atoms with Gasteiger partial charge in [-0.15, -0.1) is 0 Å². The lowest BCUT2D eigenvalue weighted by Crippen LogP contribution is -2.16. The molecule has 1 aliphatic rings. The third-order valence-electron chi connectivity index (χ3n) is 3.75. The fourth-order valence-electron chi connectivity index (χ4n) is 2.18. The zero-order valence-electron chi connectivity index (χ0n) is 11.6. The number of thioether (sulfide) groups is 1. The van der Waals surface area contributed by atoms with Crippen LogP contribution in [0.15, 0.2) is 24.3 Å². The molecule has 5 heteroatoms. The second kappa shape index (κ2) is 6.83. The molecule has 0 aromatic heterocycles. The molecule has 1 aliphatic carbocycles. The molecule has 0 saturated heterocycles. The van der Waals surface area contributed by atoms with E-state index in [1.54, 1.807) is 0 Å². The van der Waals surface area contributed by atoms with Crippen molar-refractivity contribution in [3.8, 4) is 0 Å². The number of carbonyl (C=O) groups is 1. The number of ether oxygens (including phenoxy) is 1. The fraction of sp³-hybridized carbons (Fsp3) is 0.533. The van der Waals surface area contributed by atoms with Crippen molar-refractivity contribution in [2.75, 3.05) is 19.4 Å². The van der Waals surface area contributed by atoms with Gasteiger partial charge in [0, 0.05) is 22.6 Å². The van der Waals surface area contributed by atoms with Gasteiger partial charge in [0.05, 0.1) is 13.5 Å². The maximum absolute atomic E-state index is 11.4. The lowest BCUT2D eigenvalue weighted by atomic mass is 10.1. The summed E-state index contributed by atoms with van der Waals surface area (Å²) in [5, 5.41) is 0.987. The maximum Gasteiger partial charge on any atom is 0.306 e. The van der Waals surface area contributed by atoms with Gasteiger partial charge in [-0.3, -0.25) is 4.79 Å². The van der Waals surface area contributed by atoms with Crippen LogP contribution in [0.25, 0.3) is 0 Å². The van der Waals surface area contributed by atoms with Crippen molar-refractivity contribution in [1.82, 2.24) is 0 Å². The molecular formula is C15H20ClNO2S. The molecule has 3 nitrogen and oxygen atoms in total. The zero-order chi connectivity index (χ0) is 14.6. The summed E-state index contributed by atoms with van der Waals surface area (Å²) in [5.41, 5.74) is 7.20. The Kier molecular flexibility index (Phi) is 5.35. The van der Waals surface area contributed by atoms with Crippen molar-refractivity contribution < 1.29 is 9.53 Å². The van der Waals surface area contributed by atoms with E-state index >= 15 is 0 Å². The molecule has 20 heavy (non-hydrogen) atoms. The summed E-state index contributed by atoms with van der Waals surface area (Å²) >= 11 is 7.73. The predicted octanol–water partition coefficient (Wildman–Crippen LogP) is 3.42. The van der Waals surface area contributed by atoms with Crippen LogP contribution >= 0.6 is 23.4 Å². The van der Waals surface area contributed by atoms with Crippen LogP contribution in [0.1, 0.15) is 30.1 Å². The van der Waals surface area contributed by atoms with Gasteiger partial charge < -0.3 is 10.5 Å². The van der Waals surface area contributed by atoms with E-state index in [-0.39, 0.29) is 16.6 Å². The second-order valence-electron chi connectivity index (χ2n) is 5.34. The van der Waals surface area contributed by atoms with Gasteiger partial charge in [0.15, 0.2) is 0 Å². The largest absolute Gasteiger partial charge is 0.469 e. The van der Waals surface area contributed by atoms with Gasteiger partial charge in [0.2, 0.25) is 0 Å². The standard InChI is InChI=1S/C15H20ClNO2S/c1-19-14(18)8-15(6-7-15)10-20-13(9-17)11-2-4-12(16)5-3-11/h2-5,13H,6-10,17H2,1H3. The van der Waals surface area contributed by atoms with Gasteiger partial charge in [-0.2, -0.15) is 11.8 Å². The summed E-state index contributed by atoms with van der Waals surface area (Å²) in [4.78, 5) is 11.4. The van der Waals surface area contributed by atoms with Crippen LogP contribution in [0.3, 0.4) is 0 Å². The van der Waals surface area contributed by atoms with Crippen LogP contribution in [0.5, 0.6) is 0 Å². The molecule has 110 valence electrons. The molecule has 0 spiro atoms. The first kappa shape index (κ1) is 15.7. The van der Waals surface area contributed by atoms with Crippen LogP contribution in [0, 0.1) is 5.41 Å². The van der Waals surface area contributed by atoms with E-state index in [4.69, 9.17) is 22.1 Å². The van der Waals surface area contributed by atoms with Crippen LogP contribution in [0.4, 0.5) is 0 Å². The number of methoxy groups -OCH3 is 1. The Hall–Kier alpha value is -0.710. The number of rotatable bonds is 7. The predicted molar refractivity (Wildman–Crippen MR) is 84.0 cm³/mol. The minimum Gasteiger partial charge on any atom is -0.469 e. The SMILES string of the molecule is COC(=O)CC1(CSC(CN)c2ccc(Cl)cc2)CC1. The summed E-state index contributed by atoms with van der Waals surface area (Å²) in [5.74, 6) is 0.839. The molecule has 2 rings (SSSR count). The minimum atomic E-state index is -0.112. The van der Waals surface area contributed by atoms with Gasteiger partial charge in [-0.25, -0.2) is 0 Å². The first-order valence-corrected chi connectivity index (χ1v) is 8.15. The molecule has 0 heterocycles. The number of hydrogen-bond donors (Lipinski definition) is 1. The van der Waals surface area contributed by atoms with E-state index < -0.39 is 0 Å². The van der Waals surface area contributed by atoms with E-state index in [2.05, 4.69) is 0 Å². The van der Waals surface area contributed by atoms with Crippen molar-refractivity contribution in [3.63, 3.8) is 0 Å². The van der Waals surface area contributed by atoms with Crippen molar-refractivity contribution in [3.05, 3.63) is 34.9 Å². The summed E-state index contributed by atoms with van der Waals surface area (Å²) < 4.78 is 4.77. The molecule has 1 fully saturated rings. The molecule has 0 aliphatic heterocycles. The number of benzene rings is 1. The van der Waals surface area contributed by atoms with Gasteiger partial charge in [0.1, 0.15) is 0 Å². The summed E-state index contributed by atoms with van der Waals surface area (Å²) in [7, 11) is 1.45. The van der Waals surface area contributed by atoms with Gasteiger partial charge in [-0.1, -0.05) is 23.7 Å². The number of halogens is 1. The Balaban J connectivity index is 1.91. The number of hydrogen-bond acceptors (Lipinski definition) is 4. The molecule has 1 aromatic carbocycles. The van der Waals surface area contributed by atoms with Crippen molar-refractivity contribution in [1.29, 1.82) is 0 Å². The highest BCUT2D eigenvalue weighted by Gasteiger charge is 2.44. The molecule has 1 aromatic rings. The van der Waals surface area contributed by atoms with E-state index in [0.717, 1.165) is 23.6 Å². The maximum atomic E-state index is 11.4. The monoisotopic (exact) mass is 313 g/mol.